The summed E-state index contributed by atoms with van der Waals surface area (Å²) in [5.74, 6) is 1.60. The molecule has 1 N–H and O–H groups in total. The molecule has 2 saturated heterocycles. The maximum absolute atomic E-state index is 12.8. The minimum absolute atomic E-state index is 0.0723. The number of rotatable bonds is 7. The lowest BCUT2D eigenvalue weighted by molar-refractivity contribution is -0.0164. The molecule has 1 aliphatic carbocycles. The minimum atomic E-state index is -0.498. The van der Waals surface area contributed by atoms with Crippen molar-refractivity contribution >= 4 is 17.7 Å². The quantitative estimate of drug-likeness (QED) is 0.256. The van der Waals surface area contributed by atoms with Gasteiger partial charge in [-0.15, -0.1) is 0 Å². The van der Waals surface area contributed by atoms with Gasteiger partial charge in [0.1, 0.15) is 23.1 Å². The molecule has 3 aromatic heterocycles. The van der Waals surface area contributed by atoms with Gasteiger partial charge < -0.3 is 19.7 Å². The van der Waals surface area contributed by atoms with E-state index in [0.717, 1.165) is 66.2 Å². The number of amides is 1. The van der Waals surface area contributed by atoms with Gasteiger partial charge >= 0.3 is 6.09 Å². The van der Waals surface area contributed by atoms with Crippen molar-refractivity contribution in [3.63, 3.8) is 0 Å². The maximum atomic E-state index is 12.8. The number of fused-ring (bicyclic) bond motifs is 4. The largest absolute Gasteiger partial charge is 0.490 e. The van der Waals surface area contributed by atoms with E-state index in [2.05, 4.69) is 22.2 Å². The number of aryl methyl sites for hydroxylation is 1. The number of nitrogens with one attached hydrogen (secondary N) is 1. The molecule has 3 fully saturated rings. The predicted octanol–water partition coefficient (Wildman–Crippen LogP) is 6.72. The van der Waals surface area contributed by atoms with Gasteiger partial charge in [-0.2, -0.15) is 5.10 Å². The van der Waals surface area contributed by atoms with Crippen LogP contribution in [-0.4, -0.2) is 60.0 Å². The topological polar surface area (TPSA) is 107 Å². The number of piperidine rings is 1. The van der Waals surface area contributed by atoms with E-state index in [1.165, 1.54) is 0 Å². The van der Waals surface area contributed by atoms with Gasteiger partial charge in [-0.1, -0.05) is 6.42 Å². The number of aromatic nitrogens is 5. The first-order valence-electron chi connectivity index (χ1n) is 15.1. The summed E-state index contributed by atoms with van der Waals surface area (Å²) in [7, 11) is 0. The van der Waals surface area contributed by atoms with E-state index in [1.54, 1.807) is 12.4 Å². The smallest absolute Gasteiger partial charge is 0.410 e. The second-order valence-electron chi connectivity index (χ2n) is 12.3. The van der Waals surface area contributed by atoms with Gasteiger partial charge in [0, 0.05) is 73.1 Å². The van der Waals surface area contributed by atoms with Crippen molar-refractivity contribution in [1.82, 2.24) is 29.6 Å². The fourth-order valence-corrected chi connectivity index (χ4v) is 5.94. The van der Waals surface area contributed by atoms with Crippen LogP contribution in [0.25, 0.3) is 22.5 Å². The summed E-state index contributed by atoms with van der Waals surface area (Å²) in [5, 5.41) is 8.07. The number of pyridine rings is 1. The van der Waals surface area contributed by atoms with Crippen LogP contribution in [0.4, 0.5) is 16.4 Å². The Bertz CT molecular complexity index is 1550. The van der Waals surface area contributed by atoms with E-state index in [-0.39, 0.29) is 24.2 Å². The standard InChI is InChI=1S/C33H39N7O3/c1-5-39-21-27(30(38-39)22-9-7-16-34-19-22)28-15-17-35-31(37-28)36-24-11-13-26(14-12-24)42-29-18-25-10-6-8-23(29)20-40(25)32(41)43-33(2,3)4/h7,9,11-17,19,21,23,25,29H,5-6,8,10,18,20H2,1-4H3,(H,35,36,37). The van der Waals surface area contributed by atoms with Gasteiger partial charge in [0.15, 0.2) is 0 Å². The first-order valence-corrected chi connectivity index (χ1v) is 15.1. The Hall–Kier alpha value is -4.47. The van der Waals surface area contributed by atoms with E-state index < -0.39 is 5.60 Å². The molecular weight excluding hydrogens is 542 g/mol. The van der Waals surface area contributed by atoms with Gasteiger partial charge in [-0.05, 0) is 83.0 Å². The molecule has 2 bridgehead atoms. The fourth-order valence-electron chi connectivity index (χ4n) is 5.94. The fraction of sp³-hybridized carbons (Fsp3) is 0.424. The van der Waals surface area contributed by atoms with Gasteiger partial charge in [-0.3, -0.25) is 9.67 Å². The Labute approximate surface area is 252 Å². The summed E-state index contributed by atoms with van der Waals surface area (Å²) in [6.07, 6.45) is 11.1. The molecule has 7 rings (SSSR count). The van der Waals surface area contributed by atoms with Gasteiger partial charge in [0.25, 0.3) is 0 Å². The predicted molar refractivity (Wildman–Crippen MR) is 165 cm³/mol. The van der Waals surface area contributed by atoms with E-state index in [4.69, 9.17) is 19.6 Å². The second-order valence-corrected chi connectivity index (χ2v) is 12.3. The normalized spacial score (nSPS) is 20.0. The Kier molecular flexibility index (Phi) is 8.01. The highest BCUT2D eigenvalue weighted by Gasteiger charge is 2.42. The van der Waals surface area contributed by atoms with Gasteiger partial charge in [-0.25, -0.2) is 14.8 Å². The van der Waals surface area contributed by atoms with Crippen LogP contribution in [0, 0.1) is 5.92 Å². The van der Waals surface area contributed by atoms with Crippen molar-refractivity contribution in [2.75, 3.05) is 11.9 Å². The highest BCUT2D eigenvalue weighted by molar-refractivity contribution is 5.78. The van der Waals surface area contributed by atoms with Crippen LogP contribution in [0.1, 0.15) is 53.4 Å². The number of hydrogen-bond acceptors (Lipinski definition) is 8. The lowest BCUT2D eigenvalue weighted by Gasteiger charge is -2.41. The van der Waals surface area contributed by atoms with E-state index in [9.17, 15) is 4.79 Å². The van der Waals surface area contributed by atoms with E-state index >= 15 is 0 Å². The van der Waals surface area contributed by atoms with Crippen molar-refractivity contribution in [3.8, 4) is 28.3 Å². The molecule has 3 aliphatic rings. The van der Waals surface area contributed by atoms with Crippen LogP contribution in [0.15, 0.2) is 67.3 Å². The molecule has 1 aromatic carbocycles. The van der Waals surface area contributed by atoms with Crippen LogP contribution < -0.4 is 10.1 Å². The Balaban J connectivity index is 1.12. The molecule has 2 aliphatic heterocycles. The molecular formula is C33H39N7O3. The first kappa shape index (κ1) is 28.6. The molecule has 43 heavy (non-hydrogen) atoms. The van der Waals surface area contributed by atoms with E-state index in [1.807, 2.05) is 85.2 Å². The van der Waals surface area contributed by atoms with Crippen molar-refractivity contribution in [2.45, 2.75) is 77.7 Å². The maximum Gasteiger partial charge on any atom is 0.410 e. The molecule has 4 aromatic rings. The van der Waals surface area contributed by atoms with Crippen molar-refractivity contribution in [2.24, 2.45) is 5.92 Å². The van der Waals surface area contributed by atoms with Crippen LogP contribution in [0.3, 0.4) is 0 Å². The number of hydrogen-bond donors (Lipinski definition) is 1. The summed E-state index contributed by atoms with van der Waals surface area (Å²) in [4.78, 5) is 28.3. The highest BCUT2D eigenvalue weighted by Crippen LogP contribution is 2.37. The average Bonchev–Trinajstić information content (AvgIpc) is 3.21. The Morgan fingerprint density at radius 3 is 2.67 bits per heavy atom. The van der Waals surface area contributed by atoms with Crippen LogP contribution in [0.2, 0.25) is 0 Å². The molecule has 3 unspecified atom stereocenters. The SMILES string of the molecule is CCn1cc(-c2ccnc(Nc3ccc(OC4CC5CCCC4CN5C(=O)OC(C)(C)C)cc3)n2)c(-c2cccnc2)n1. The summed E-state index contributed by atoms with van der Waals surface area (Å²) in [6.45, 7) is 9.23. The zero-order valence-electron chi connectivity index (χ0n) is 25.2. The highest BCUT2D eigenvalue weighted by atomic mass is 16.6. The van der Waals surface area contributed by atoms with Gasteiger partial charge in [0.2, 0.25) is 5.95 Å². The zero-order valence-corrected chi connectivity index (χ0v) is 25.2. The number of benzene rings is 1. The monoisotopic (exact) mass is 581 g/mol. The second kappa shape index (κ2) is 12.0. The van der Waals surface area contributed by atoms with Crippen LogP contribution >= 0.6 is 0 Å². The molecule has 0 radical (unpaired) electrons. The van der Waals surface area contributed by atoms with Gasteiger partial charge in [0.05, 0.1) is 5.69 Å². The Morgan fingerprint density at radius 1 is 1.09 bits per heavy atom. The third-order valence-electron chi connectivity index (χ3n) is 7.99. The number of ether oxygens (including phenoxy) is 2. The third-order valence-corrected chi connectivity index (χ3v) is 7.99. The molecule has 10 heteroatoms. The lowest BCUT2D eigenvalue weighted by Crippen LogP contribution is -2.52. The van der Waals surface area contributed by atoms with Crippen molar-refractivity contribution in [3.05, 3.63) is 67.3 Å². The van der Waals surface area contributed by atoms with Crippen molar-refractivity contribution in [1.29, 1.82) is 0 Å². The summed E-state index contributed by atoms with van der Waals surface area (Å²) < 4.78 is 14.1. The summed E-state index contributed by atoms with van der Waals surface area (Å²) >= 11 is 0. The first-order chi connectivity index (χ1) is 20.8. The number of anilines is 2. The average molecular weight is 582 g/mol. The zero-order chi connectivity index (χ0) is 30.0. The summed E-state index contributed by atoms with van der Waals surface area (Å²) in [6, 6.07) is 13.8. The molecule has 5 heterocycles. The number of nitrogens with zero attached hydrogens (tertiary/aromatic N) is 6. The molecule has 1 saturated carbocycles. The molecule has 1 amide bonds. The molecule has 3 atom stereocenters. The molecule has 224 valence electrons. The molecule has 0 spiro atoms. The lowest BCUT2D eigenvalue weighted by atomic mass is 9.91. The van der Waals surface area contributed by atoms with Crippen LogP contribution in [0.5, 0.6) is 5.75 Å². The van der Waals surface area contributed by atoms with Crippen LogP contribution in [-0.2, 0) is 11.3 Å². The summed E-state index contributed by atoms with van der Waals surface area (Å²) in [5.41, 5.74) is 3.84. The number of carbonyl (C=O) groups excluding carboxylic acids is 1. The van der Waals surface area contributed by atoms with E-state index in [0.29, 0.717) is 12.5 Å². The Morgan fingerprint density at radius 2 is 1.93 bits per heavy atom. The minimum Gasteiger partial charge on any atom is -0.490 e. The number of carbonyl (C=O) groups is 1. The van der Waals surface area contributed by atoms with Crippen molar-refractivity contribution < 1.29 is 14.3 Å². The molecule has 10 nitrogen and oxygen atoms in total. The third kappa shape index (κ3) is 6.63.